The molecule has 0 aromatic rings. The van der Waals surface area contributed by atoms with E-state index in [1.807, 2.05) is 0 Å². The molecule has 2 aliphatic carbocycles. The average molecular weight is 225 g/mol. The second kappa shape index (κ2) is 6.02. The minimum Gasteiger partial charge on any atom is -0.301 e. The van der Waals surface area contributed by atoms with Crippen LogP contribution in [0.4, 0.5) is 0 Å². The van der Waals surface area contributed by atoms with E-state index in [9.17, 15) is 0 Å². The molecule has 1 N–H and O–H groups in total. The smallest absolute Gasteiger partial charge is 0.0705 e. The largest absolute Gasteiger partial charge is 0.301 e. The SMILES string of the molecule is CC(C)CONC1CCC2CCCCC2C1. The van der Waals surface area contributed by atoms with Gasteiger partial charge in [-0.2, -0.15) is 5.48 Å². The zero-order valence-electron chi connectivity index (χ0n) is 10.9. The van der Waals surface area contributed by atoms with E-state index in [0.29, 0.717) is 12.0 Å². The third kappa shape index (κ3) is 3.46. The topological polar surface area (TPSA) is 21.3 Å². The molecule has 0 aromatic heterocycles. The van der Waals surface area contributed by atoms with Crippen LogP contribution in [-0.2, 0) is 4.84 Å². The molecular formula is C14H27NO. The molecule has 0 saturated heterocycles. The Hall–Kier alpha value is -0.0800. The Morgan fingerprint density at radius 3 is 2.56 bits per heavy atom. The predicted molar refractivity (Wildman–Crippen MR) is 67.0 cm³/mol. The molecule has 0 amide bonds. The molecule has 0 heterocycles. The van der Waals surface area contributed by atoms with Crippen LogP contribution in [0.1, 0.15) is 58.8 Å². The number of nitrogens with one attached hydrogen (secondary N) is 1. The van der Waals surface area contributed by atoms with Gasteiger partial charge in [-0.25, -0.2) is 0 Å². The van der Waals surface area contributed by atoms with Gasteiger partial charge < -0.3 is 4.84 Å². The minimum atomic E-state index is 0.623. The van der Waals surface area contributed by atoms with Gasteiger partial charge in [0.2, 0.25) is 0 Å². The molecule has 16 heavy (non-hydrogen) atoms. The number of hydrogen-bond acceptors (Lipinski definition) is 2. The molecule has 3 unspecified atom stereocenters. The van der Waals surface area contributed by atoms with E-state index < -0.39 is 0 Å². The van der Waals surface area contributed by atoms with Crippen molar-refractivity contribution in [1.29, 1.82) is 0 Å². The molecule has 94 valence electrons. The van der Waals surface area contributed by atoms with Gasteiger partial charge in [0, 0.05) is 6.04 Å². The lowest BCUT2D eigenvalue weighted by atomic mass is 9.69. The summed E-state index contributed by atoms with van der Waals surface area (Å²) in [4.78, 5) is 5.56. The van der Waals surface area contributed by atoms with Gasteiger partial charge in [0.25, 0.3) is 0 Å². The minimum absolute atomic E-state index is 0.623. The molecule has 0 aromatic carbocycles. The normalized spacial score (nSPS) is 35.1. The van der Waals surface area contributed by atoms with Crippen molar-refractivity contribution in [2.24, 2.45) is 17.8 Å². The highest BCUT2D eigenvalue weighted by molar-refractivity contribution is 4.84. The van der Waals surface area contributed by atoms with Crippen LogP contribution < -0.4 is 5.48 Å². The van der Waals surface area contributed by atoms with Gasteiger partial charge in [-0.15, -0.1) is 0 Å². The fourth-order valence-electron chi connectivity index (χ4n) is 3.31. The summed E-state index contributed by atoms with van der Waals surface area (Å²) in [6.07, 6.45) is 9.98. The van der Waals surface area contributed by atoms with Crippen LogP contribution in [-0.4, -0.2) is 12.6 Å². The van der Waals surface area contributed by atoms with Crippen LogP contribution >= 0.6 is 0 Å². The summed E-state index contributed by atoms with van der Waals surface area (Å²) < 4.78 is 0. The van der Waals surface area contributed by atoms with Crippen molar-refractivity contribution >= 4 is 0 Å². The van der Waals surface area contributed by atoms with E-state index >= 15 is 0 Å². The van der Waals surface area contributed by atoms with Crippen LogP contribution in [0.25, 0.3) is 0 Å². The summed E-state index contributed by atoms with van der Waals surface area (Å²) >= 11 is 0. The summed E-state index contributed by atoms with van der Waals surface area (Å²) in [5.74, 6) is 2.65. The highest BCUT2D eigenvalue weighted by Gasteiger charge is 2.32. The van der Waals surface area contributed by atoms with Crippen LogP contribution in [0.5, 0.6) is 0 Å². The van der Waals surface area contributed by atoms with Gasteiger partial charge in [-0.05, 0) is 37.0 Å². The van der Waals surface area contributed by atoms with Gasteiger partial charge in [-0.3, -0.25) is 0 Å². The molecule has 0 spiro atoms. The quantitative estimate of drug-likeness (QED) is 0.739. The van der Waals surface area contributed by atoms with Crippen molar-refractivity contribution in [3.05, 3.63) is 0 Å². The second-order valence-electron chi connectivity index (χ2n) is 6.14. The maximum Gasteiger partial charge on any atom is 0.0705 e. The van der Waals surface area contributed by atoms with Crippen LogP contribution in [0.2, 0.25) is 0 Å². The first-order valence-corrected chi connectivity index (χ1v) is 7.13. The fourth-order valence-corrected chi connectivity index (χ4v) is 3.31. The Morgan fingerprint density at radius 2 is 1.81 bits per heavy atom. The molecule has 3 atom stereocenters. The molecule has 0 radical (unpaired) electrons. The number of hydrogen-bond donors (Lipinski definition) is 1. The lowest BCUT2D eigenvalue weighted by molar-refractivity contribution is -0.0216. The maximum absolute atomic E-state index is 5.56. The summed E-state index contributed by atoms with van der Waals surface area (Å²) in [5.41, 5.74) is 3.29. The molecule has 2 rings (SSSR count). The van der Waals surface area contributed by atoms with Crippen LogP contribution in [0.3, 0.4) is 0 Å². The van der Waals surface area contributed by atoms with Crippen molar-refractivity contribution in [3.63, 3.8) is 0 Å². The van der Waals surface area contributed by atoms with Crippen molar-refractivity contribution < 1.29 is 4.84 Å². The Bertz CT molecular complexity index is 205. The molecule has 2 saturated carbocycles. The van der Waals surface area contributed by atoms with Gasteiger partial charge in [-0.1, -0.05) is 39.5 Å². The Kier molecular flexibility index (Phi) is 4.66. The van der Waals surface area contributed by atoms with E-state index in [1.165, 1.54) is 44.9 Å². The van der Waals surface area contributed by atoms with Crippen LogP contribution in [0.15, 0.2) is 0 Å². The third-order valence-corrected chi connectivity index (χ3v) is 4.21. The van der Waals surface area contributed by atoms with E-state index in [1.54, 1.807) is 0 Å². The Labute approximate surface area is 100 Å². The molecule has 2 fully saturated rings. The lowest BCUT2D eigenvalue weighted by Crippen LogP contribution is -2.39. The predicted octanol–water partition coefficient (Wildman–Crippen LogP) is 3.52. The van der Waals surface area contributed by atoms with Gasteiger partial charge in [0.05, 0.1) is 6.61 Å². The van der Waals surface area contributed by atoms with Gasteiger partial charge in [0.1, 0.15) is 0 Å². The average Bonchev–Trinajstić information content (AvgIpc) is 2.28. The number of fused-ring (bicyclic) bond motifs is 1. The fraction of sp³-hybridized carbons (Fsp3) is 1.00. The van der Waals surface area contributed by atoms with Crippen molar-refractivity contribution in [3.8, 4) is 0 Å². The van der Waals surface area contributed by atoms with Crippen LogP contribution in [0, 0.1) is 17.8 Å². The standard InChI is InChI=1S/C14H27NO/c1-11(2)10-16-15-14-8-7-12-5-3-4-6-13(12)9-14/h11-15H,3-10H2,1-2H3. The zero-order chi connectivity index (χ0) is 11.4. The number of rotatable bonds is 4. The maximum atomic E-state index is 5.56. The van der Waals surface area contributed by atoms with Crippen molar-refractivity contribution in [2.75, 3.05) is 6.61 Å². The third-order valence-electron chi connectivity index (χ3n) is 4.21. The summed E-state index contributed by atoms with van der Waals surface area (Å²) in [7, 11) is 0. The molecule has 2 nitrogen and oxygen atoms in total. The molecule has 2 heteroatoms. The molecular weight excluding hydrogens is 198 g/mol. The van der Waals surface area contributed by atoms with Gasteiger partial charge in [0.15, 0.2) is 0 Å². The first-order valence-electron chi connectivity index (χ1n) is 7.13. The van der Waals surface area contributed by atoms with Gasteiger partial charge >= 0.3 is 0 Å². The lowest BCUT2D eigenvalue weighted by Gasteiger charge is -2.39. The molecule has 0 aliphatic heterocycles. The van der Waals surface area contributed by atoms with E-state index in [-0.39, 0.29) is 0 Å². The Balaban J connectivity index is 1.68. The highest BCUT2D eigenvalue weighted by Crippen LogP contribution is 2.40. The first-order chi connectivity index (χ1) is 7.75. The summed E-state index contributed by atoms with van der Waals surface area (Å²) in [6, 6.07) is 0.623. The molecule has 2 aliphatic rings. The summed E-state index contributed by atoms with van der Waals surface area (Å²) in [6.45, 7) is 5.23. The zero-order valence-corrected chi connectivity index (χ0v) is 10.9. The first kappa shape index (κ1) is 12.4. The van der Waals surface area contributed by atoms with E-state index in [2.05, 4.69) is 19.3 Å². The number of hydroxylamine groups is 1. The Morgan fingerprint density at radius 1 is 1.06 bits per heavy atom. The highest BCUT2D eigenvalue weighted by atomic mass is 16.6. The van der Waals surface area contributed by atoms with E-state index in [4.69, 9.17) is 4.84 Å². The molecule has 0 bridgehead atoms. The summed E-state index contributed by atoms with van der Waals surface area (Å²) in [5, 5.41) is 0. The van der Waals surface area contributed by atoms with Crippen molar-refractivity contribution in [1.82, 2.24) is 5.48 Å². The van der Waals surface area contributed by atoms with E-state index in [0.717, 1.165) is 18.4 Å². The second-order valence-corrected chi connectivity index (χ2v) is 6.14. The monoisotopic (exact) mass is 225 g/mol. The van der Waals surface area contributed by atoms with Crippen molar-refractivity contribution in [2.45, 2.75) is 64.8 Å².